The maximum absolute atomic E-state index is 10.8. The van der Waals surface area contributed by atoms with Crippen LogP contribution in [0.4, 0.5) is 0 Å². The molecular formula is C13H22N2O2S. The van der Waals surface area contributed by atoms with Crippen LogP contribution in [0.3, 0.4) is 0 Å². The summed E-state index contributed by atoms with van der Waals surface area (Å²) in [4.78, 5) is 17.3. The van der Waals surface area contributed by atoms with Gasteiger partial charge in [-0.1, -0.05) is 20.3 Å². The zero-order valence-corrected chi connectivity index (χ0v) is 12.2. The Morgan fingerprint density at radius 2 is 2.28 bits per heavy atom. The summed E-state index contributed by atoms with van der Waals surface area (Å²) in [5.74, 6) is -0.935. The number of carboxylic acid groups (broad SMARTS) is 1. The molecule has 0 bridgehead atoms. The predicted octanol–water partition coefficient (Wildman–Crippen LogP) is 3.24. The maximum Gasteiger partial charge on any atom is 0.365 e. The van der Waals surface area contributed by atoms with Gasteiger partial charge in [0, 0.05) is 18.0 Å². The summed E-state index contributed by atoms with van der Waals surface area (Å²) in [7, 11) is 0. The fourth-order valence-electron chi connectivity index (χ4n) is 1.76. The molecule has 1 unspecified atom stereocenters. The van der Waals surface area contributed by atoms with Crippen LogP contribution >= 0.6 is 11.3 Å². The largest absolute Gasteiger partial charge is 0.476 e. The lowest BCUT2D eigenvalue weighted by molar-refractivity contribution is 0.0696. The number of thiazole rings is 1. The molecule has 0 aliphatic heterocycles. The molecule has 0 aliphatic carbocycles. The van der Waals surface area contributed by atoms with Crippen LogP contribution in [0.1, 0.15) is 55.5 Å². The Bertz CT molecular complexity index is 379. The highest BCUT2D eigenvalue weighted by Gasteiger charge is 2.15. The first-order chi connectivity index (χ1) is 8.58. The number of nitrogens with zero attached hydrogens (tertiary/aromatic N) is 2. The summed E-state index contributed by atoms with van der Waals surface area (Å²) < 4.78 is 0. The molecule has 0 saturated carbocycles. The first-order valence-corrected chi connectivity index (χ1v) is 7.38. The van der Waals surface area contributed by atoms with Gasteiger partial charge in [0.25, 0.3) is 0 Å². The van der Waals surface area contributed by atoms with Crippen molar-refractivity contribution >= 4 is 17.3 Å². The van der Waals surface area contributed by atoms with Crippen LogP contribution in [0.5, 0.6) is 0 Å². The van der Waals surface area contributed by atoms with E-state index in [0.717, 1.165) is 25.2 Å². The van der Waals surface area contributed by atoms with Crippen LogP contribution in [-0.2, 0) is 6.54 Å². The highest BCUT2D eigenvalue weighted by molar-refractivity contribution is 7.11. The Morgan fingerprint density at radius 3 is 2.78 bits per heavy atom. The fourth-order valence-corrected chi connectivity index (χ4v) is 2.41. The van der Waals surface area contributed by atoms with Gasteiger partial charge < -0.3 is 5.11 Å². The molecule has 0 spiro atoms. The molecule has 0 aromatic carbocycles. The molecule has 1 N–H and O–H groups in total. The molecule has 0 radical (unpaired) electrons. The van der Waals surface area contributed by atoms with Crippen molar-refractivity contribution < 1.29 is 9.90 Å². The second-order valence-electron chi connectivity index (χ2n) is 4.53. The zero-order chi connectivity index (χ0) is 13.5. The normalized spacial score (nSPS) is 12.9. The quantitative estimate of drug-likeness (QED) is 0.788. The number of aromatic nitrogens is 1. The first-order valence-electron chi connectivity index (χ1n) is 6.50. The smallest absolute Gasteiger partial charge is 0.365 e. The lowest BCUT2D eigenvalue weighted by atomic mass is 10.2. The number of carboxylic acids is 1. The second kappa shape index (κ2) is 7.48. The van der Waals surface area contributed by atoms with Gasteiger partial charge in [0.15, 0.2) is 0 Å². The summed E-state index contributed by atoms with van der Waals surface area (Å²) in [6.07, 6.45) is 3.43. The number of hydrogen-bond donors (Lipinski definition) is 1. The van der Waals surface area contributed by atoms with Crippen LogP contribution in [0.25, 0.3) is 0 Å². The van der Waals surface area contributed by atoms with Crippen LogP contribution in [0.2, 0.25) is 0 Å². The first kappa shape index (κ1) is 15.1. The van der Waals surface area contributed by atoms with E-state index in [1.165, 1.54) is 24.2 Å². The van der Waals surface area contributed by atoms with Gasteiger partial charge in [-0.05, 0) is 26.3 Å². The van der Waals surface area contributed by atoms with Gasteiger partial charge in [0.05, 0.1) is 5.69 Å². The SMILES string of the molecule is CCCCN(Cc1csc(C(=O)O)n1)C(C)CC. The molecule has 5 heteroatoms. The van der Waals surface area contributed by atoms with Crippen molar-refractivity contribution in [2.45, 2.75) is 52.6 Å². The monoisotopic (exact) mass is 270 g/mol. The highest BCUT2D eigenvalue weighted by Crippen LogP contribution is 2.15. The van der Waals surface area contributed by atoms with Crippen LogP contribution < -0.4 is 0 Å². The predicted molar refractivity (Wildman–Crippen MR) is 74.1 cm³/mol. The number of unbranched alkanes of at least 4 members (excludes halogenated alkanes) is 1. The molecule has 0 fully saturated rings. The minimum absolute atomic E-state index is 0.185. The van der Waals surface area contributed by atoms with Gasteiger partial charge in [0.1, 0.15) is 0 Å². The van der Waals surface area contributed by atoms with Gasteiger partial charge in [-0.2, -0.15) is 0 Å². The Labute approximate surface area is 113 Å². The van der Waals surface area contributed by atoms with Gasteiger partial charge in [0.2, 0.25) is 5.01 Å². The van der Waals surface area contributed by atoms with E-state index in [4.69, 9.17) is 5.11 Å². The number of carbonyl (C=O) groups is 1. The summed E-state index contributed by atoms with van der Waals surface area (Å²) in [5, 5.41) is 10.9. The Balaban J connectivity index is 2.65. The van der Waals surface area contributed by atoms with E-state index >= 15 is 0 Å². The molecule has 1 atom stereocenters. The third-order valence-electron chi connectivity index (χ3n) is 3.11. The minimum atomic E-state index is -0.935. The van der Waals surface area contributed by atoms with Crippen molar-refractivity contribution in [1.82, 2.24) is 9.88 Å². The molecule has 0 saturated heterocycles. The second-order valence-corrected chi connectivity index (χ2v) is 5.39. The van der Waals surface area contributed by atoms with Crippen molar-refractivity contribution in [3.8, 4) is 0 Å². The summed E-state index contributed by atoms with van der Waals surface area (Å²) in [6.45, 7) is 8.36. The molecule has 0 amide bonds. The Hall–Kier alpha value is -0.940. The summed E-state index contributed by atoms with van der Waals surface area (Å²) in [6, 6.07) is 0.506. The molecule has 18 heavy (non-hydrogen) atoms. The zero-order valence-electron chi connectivity index (χ0n) is 11.3. The van der Waals surface area contributed by atoms with E-state index in [1.54, 1.807) is 0 Å². The van der Waals surface area contributed by atoms with Crippen molar-refractivity contribution in [3.63, 3.8) is 0 Å². The topological polar surface area (TPSA) is 53.4 Å². The van der Waals surface area contributed by atoms with E-state index < -0.39 is 5.97 Å². The van der Waals surface area contributed by atoms with Crippen molar-refractivity contribution in [1.29, 1.82) is 0 Å². The molecule has 1 heterocycles. The molecule has 1 aromatic heterocycles. The Kier molecular flexibility index (Phi) is 6.29. The fraction of sp³-hybridized carbons (Fsp3) is 0.692. The number of aromatic carboxylic acids is 1. The summed E-state index contributed by atoms with van der Waals surface area (Å²) in [5.41, 5.74) is 0.869. The van der Waals surface area contributed by atoms with Gasteiger partial charge in [-0.3, -0.25) is 4.90 Å². The van der Waals surface area contributed by atoms with E-state index in [0.29, 0.717) is 6.04 Å². The van der Waals surface area contributed by atoms with Gasteiger partial charge in [-0.15, -0.1) is 11.3 Å². The van der Waals surface area contributed by atoms with Crippen LogP contribution in [-0.4, -0.2) is 33.5 Å². The average Bonchev–Trinajstić information content (AvgIpc) is 2.82. The molecule has 1 aromatic rings. The Morgan fingerprint density at radius 1 is 1.56 bits per heavy atom. The van der Waals surface area contributed by atoms with E-state index in [9.17, 15) is 4.79 Å². The van der Waals surface area contributed by atoms with Crippen molar-refractivity contribution in [2.75, 3.05) is 6.54 Å². The van der Waals surface area contributed by atoms with Crippen molar-refractivity contribution in [2.24, 2.45) is 0 Å². The molecule has 4 nitrogen and oxygen atoms in total. The third-order valence-corrected chi connectivity index (χ3v) is 3.99. The lowest BCUT2D eigenvalue weighted by Crippen LogP contribution is -2.33. The summed E-state index contributed by atoms with van der Waals surface area (Å²) >= 11 is 1.21. The molecule has 0 aliphatic rings. The molecule has 1 rings (SSSR count). The van der Waals surface area contributed by atoms with Crippen LogP contribution in [0, 0.1) is 0 Å². The lowest BCUT2D eigenvalue weighted by Gasteiger charge is -2.27. The van der Waals surface area contributed by atoms with Crippen molar-refractivity contribution in [3.05, 3.63) is 16.1 Å². The number of rotatable bonds is 8. The minimum Gasteiger partial charge on any atom is -0.476 e. The van der Waals surface area contributed by atoms with E-state index in [-0.39, 0.29) is 5.01 Å². The average molecular weight is 270 g/mol. The van der Waals surface area contributed by atoms with Crippen LogP contribution in [0.15, 0.2) is 5.38 Å². The standard InChI is InChI=1S/C13H22N2O2S/c1-4-6-7-15(10(3)5-2)8-11-9-18-12(14-11)13(16)17/h9-10H,4-8H2,1-3H3,(H,16,17). The van der Waals surface area contributed by atoms with E-state index in [1.807, 2.05) is 5.38 Å². The highest BCUT2D eigenvalue weighted by atomic mass is 32.1. The maximum atomic E-state index is 10.8. The third kappa shape index (κ3) is 4.38. The molecule has 102 valence electrons. The van der Waals surface area contributed by atoms with E-state index in [2.05, 4.69) is 30.7 Å². The van der Waals surface area contributed by atoms with Gasteiger partial charge in [-0.25, -0.2) is 9.78 Å². The van der Waals surface area contributed by atoms with Gasteiger partial charge >= 0.3 is 5.97 Å². The number of hydrogen-bond acceptors (Lipinski definition) is 4. The molecular weight excluding hydrogens is 248 g/mol.